The molecular weight excluding hydrogens is 292 g/mol. The number of likely N-dealkylation sites (tertiary alicyclic amines) is 2. The summed E-state index contributed by atoms with van der Waals surface area (Å²) in [6.07, 6.45) is 3.90. The smallest absolute Gasteiger partial charge is 0.0345 e. The maximum Gasteiger partial charge on any atom is 0.0345 e. The minimum Gasteiger partial charge on any atom is -0.306 e. The van der Waals surface area contributed by atoms with Gasteiger partial charge in [-0.05, 0) is 74.6 Å². The van der Waals surface area contributed by atoms with Crippen molar-refractivity contribution in [2.24, 2.45) is 0 Å². The maximum atomic E-state index is 2.48. The molecule has 0 amide bonds. The third-order valence-corrected chi connectivity index (χ3v) is 5.90. The van der Waals surface area contributed by atoms with Crippen LogP contribution in [-0.2, 0) is 0 Å². The molecule has 126 valence electrons. The van der Waals surface area contributed by atoms with Crippen LogP contribution in [0.15, 0.2) is 48.5 Å². The fourth-order valence-corrected chi connectivity index (χ4v) is 4.41. The zero-order valence-electron chi connectivity index (χ0n) is 14.9. The summed E-state index contributed by atoms with van der Waals surface area (Å²) in [5, 5.41) is 0. The van der Waals surface area contributed by atoms with E-state index in [0.717, 1.165) is 0 Å². The molecule has 2 aliphatic rings. The highest BCUT2D eigenvalue weighted by atomic mass is 15.1. The lowest BCUT2D eigenvalue weighted by Crippen LogP contribution is -2.17. The molecule has 2 saturated heterocycles. The predicted molar refractivity (Wildman–Crippen MR) is 101 cm³/mol. The third kappa shape index (κ3) is 3.13. The van der Waals surface area contributed by atoms with E-state index < -0.39 is 0 Å². The second kappa shape index (κ2) is 6.70. The topological polar surface area (TPSA) is 6.48 Å². The standard InChI is InChI=1S/C22H28N2/c1-23-14-12-21(16-23)20-6-3-5-19(15-20)17-8-10-18(11-9-17)22-7-4-13-24(22)2/h3,5-6,8-11,15,21-22H,4,7,12-14,16H2,1-2H3/t21?,22-/m1/s1. The molecule has 0 saturated carbocycles. The van der Waals surface area contributed by atoms with E-state index in [0.29, 0.717) is 12.0 Å². The first-order chi connectivity index (χ1) is 11.7. The number of hydrogen-bond acceptors (Lipinski definition) is 2. The highest BCUT2D eigenvalue weighted by molar-refractivity contribution is 5.64. The molecule has 4 rings (SSSR count). The molecule has 0 bridgehead atoms. The van der Waals surface area contributed by atoms with Gasteiger partial charge in [-0.3, -0.25) is 4.90 Å². The van der Waals surface area contributed by atoms with E-state index >= 15 is 0 Å². The van der Waals surface area contributed by atoms with Crippen LogP contribution >= 0.6 is 0 Å². The molecule has 1 unspecified atom stereocenters. The monoisotopic (exact) mass is 320 g/mol. The Morgan fingerprint density at radius 1 is 0.833 bits per heavy atom. The number of rotatable bonds is 3. The van der Waals surface area contributed by atoms with Crippen LogP contribution in [0.1, 0.15) is 42.3 Å². The highest BCUT2D eigenvalue weighted by Crippen LogP contribution is 2.33. The second-order valence-corrected chi connectivity index (χ2v) is 7.63. The van der Waals surface area contributed by atoms with E-state index in [1.165, 1.54) is 61.2 Å². The zero-order valence-corrected chi connectivity index (χ0v) is 14.9. The normalized spacial score (nSPS) is 25.4. The SMILES string of the molecule is CN1CCC(c2cccc(-c3ccc([C@H]4CCCN4C)cc3)c2)C1. The molecule has 0 spiro atoms. The Bertz CT molecular complexity index is 691. The van der Waals surface area contributed by atoms with Crippen molar-refractivity contribution >= 4 is 0 Å². The first-order valence-electron chi connectivity index (χ1n) is 9.30. The zero-order chi connectivity index (χ0) is 16.5. The number of benzene rings is 2. The molecule has 2 fully saturated rings. The third-order valence-electron chi connectivity index (χ3n) is 5.90. The first kappa shape index (κ1) is 15.9. The molecule has 2 aromatic carbocycles. The molecule has 2 nitrogen and oxygen atoms in total. The van der Waals surface area contributed by atoms with Crippen LogP contribution in [-0.4, -0.2) is 43.5 Å². The van der Waals surface area contributed by atoms with Gasteiger partial charge < -0.3 is 4.90 Å². The van der Waals surface area contributed by atoms with Crippen molar-refractivity contribution in [2.75, 3.05) is 33.7 Å². The Labute approximate surface area is 146 Å². The number of hydrogen-bond donors (Lipinski definition) is 0. The first-order valence-corrected chi connectivity index (χ1v) is 9.30. The van der Waals surface area contributed by atoms with Crippen LogP contribution < -0.4 is 0 Å². The molecule has 2 heteroatoms. The Morgan fingerprint density at radius 3 is 2.33 bits per heavy atom. The van der Waals surface area contributed by atoms with Crippen molar-refractivity contribution in [3.8, 4) is 11.1 Å². The summed E-state index contributed by atoms with van der Waals surface area (Å²) in [6, 6.07) is 19.1. The van der Waals surface area contributed by atoms with Crippen molar-refractivity contribution in [1.29, 1.82) is 0 Å². The van der Waals surface area contributed by atoms with Crippen molar-refractivity contribution in [3.63, 3.8) is 0 Å². The molecule has 0 radical (unpaired) electrons. The quantitative estimate of drug-likeness (QED) is 0.819. The van der Waals surface area contributed by atoms with E-state index in [9.17, 15) is 0 Å². The molecule has 0 aromatic heterocycles. The molecule has 0 N–H and O–H groups in total. The van der Waals surface area contributed by atoms with E-state index in [-0.39, 0.29) is 0 Å². The van der Waals surface area contributed by atoms with Gasteiger partial charge >= 0.3 is 0 Å². The van der Waals surface area contributed by atoms with Crippen molar-refractivity contribution in [3.05, 3.63) is 59.7 Å². The lowest BCUT2D eigenvalue weighted by Gasteiger charge is -2.20. The van der Waals surface area contributed by atoms with Crippen LogP contribution in [0, 0.1) is 0 Å². The molecule has 2 aromatic rings. The number of nitrogens with zero attached hydrogens (tertiary/aromatic N) is 2. The summed E-state index contributed by atoms with van der Waals surface area (Å²) in [4.78, 5) is 4.91. The van der Waals surface area contributed by atoms with Gasteiger partial charge in [-0.25, -0.2) is 0 Å². The minimum absolute atomic E-state index is 0.611. The summed E-state index contributed by atoms with van der Waals surface area (Å²) >= 11 is 0. The summed E-state index contributed by atoms with van der Waals surface area (Å²) in [6.45, 7) is 3.64. The van der Waals surface area contributed by atoms with Crippen LogP contribution in [0.25, 0.3) is 11.1 Å². The average molecular weight is 320 g/mol. The van der Waals surface area contributed by atoms with Crippen LogP contribution in [0.2, 0.25) is 0 Å². The fourth-order valence-electron chi connectivity index (χ4n) is 4.41. The molecule has 2 aliphatic heterocycles. The average Bonchev–Trinajstić information content (AvgIpc) is 3.24. The largest absolute Gasteiger partial charge is 0.306 e. The van der Waals surface area contributed by atoms with Gasteiger partial charge in [-0.2, -0.15) is 0 Å². The summed E-state index contributed by atoms with van der Waals surface area (Å²) < 4.78 is 0. The van der Waals surface area contributed by atoms with Crippen molar-refractivity contribution < 1.29 is 0 Å². The van der Waals surface area contributed by atoms with Gasteiger partial charge in [0.25, 0.3) is 0 Å². The van der Waals surface area contributed by atoms with Crippen molar-refractivity contribution in [1.82, 2.24) is 9.80 Å². The lowest BCUT2D eigenvalue weighted by atomic mass is 9.93. The van der Waals surface area contributed by atoms with Gasteiger partial charge in [-0.1, -0.05) is 48.5 Å². The summed E-state index contributed by atoms with van der Waals surface area (Å²) in [5.74, 6) is 0.696. The summed E-state index contributed by atoms with van der Waals surface area (Å²) in [5.41, 5.74) is 5.66. The Morgan fingerprint density at radius 2 is 1.67 bits per heavy atom. The van der Waals surface area contributed by atoms with Crippen molar-refractivity contribution in [2.45, 2.75) is 31.2 Å². The van der Waals surface area contributed by atoms with Crippen LogP contribution in [0.3, 0.4) is 0 Å². The van der Waals surface area contributed by atoms with Gasteiger partial charge in [-0.15, -0.1) is 0 Å². The Kier molecular flexibility index (Phi) is 4.43. The van der Waals surface area contributed by atoms with Gasteiger partial charge in [0.2, 0.25) is 0 Å². The minimum atomic E-state index is 0.611. The molecule has 0 aliphatic carbocycles. The van der Waals surface area contributed by atoms with Crippen LogP contribution in [0.5, 0.6) is 0 Å². The van der Waals surface area contributed by atoms with Gasteiger partial charge in [0, 0.05) is 12.6 Å². The molecular formula is C22H28N2. The second-order valence-electron chi connectivity index (χ2n) is 7.63. The Balaban J connectivity index is 1.55. The molecule has 2 atom stereocenters. The van der Waals surface area contributed by atoms with E-state index in [1.807, 2.05) is 0 Å². The number of likely N-dealkylation sites (N-methyl/N-ethyl adjacent to an activating group) is 1. The van der Waals surface area contributed by atoms with Gasteiger partial charge in [0.1, 0.15) is 0 Å². The highest BCUT2D eigenvalue weighted by Gasteiger charge is 2.23. The van der Waals surface area contributed by atoms with Crippen LogP contribution in [0.4, 0.5) is 0 Å². The van der Waals surface area contributed by atoms with E-state index in [2.05, 4.69) is 72.4 Å². The molecule has 24 heavy (non-hydrogen) atoms. The van der Waals surface area contributed by atoms with E-state index in [4.69, 9.17) is 0 Å². The molecule has 2 heterocycles. The maximum absolute atomic E-state index is 2.48. The lowest BCUT2D eigenvalue weighted by molar-refractivity contribution is 0.317. The Hall–Kier alpha value is -1.64. The fraction of sp³-hybridized carbons (Fsp3) is 0.455. The van der Waals surface area contributed by atoms with E-state index in [1.54, 1.807) is 0 Å². The van der Waals surface area contributed by atoms with Gasteiger partial charge in [0.05, 0.1) is 0 Å². The predicted octanol–water partition coefficient (Wildman–Crippen LogP) is 4.54. The summed E-state index contributed by atoms with van der Waals surface area (Å²) in [7, 11) is 4.47. The van der Waals surface area contributed by atoms with Gasteiger partial charge in [0.15, 0.2) is 0 Å².